The number of hydrogen-bond acceptors (Lipinski definition) is 7. The molecule has 28 heavy (non-hydrogen) atoms. The smallest absolute Gasteiger partial charge is 0.338 e. The number of sulfone groups is 1. The van der Waals surface area contributed by atoms with E-state index in [2.05, 4.69) is 5.32 Å². The van der Waals surface area contributed by atoms with E-state index in [9.17, 15) is 18.0 Å². The summed E-state index contributed by atoms with van der Waals surface area (Å²) in [6.45, 7) is -0.587. The van der Waals surface area contributed by atoms with Gasteiger partial charge in [0.1, 0.15) is 11.5 Å². The zero-order chi connectivity index (χ0) is 20.9. The van der Waals surface area contributed by atoms with Crippen LogP contribution in [-0.4, -0.2) is 47.4 Å². The van der Waals surface area contributed by atoms with Crippen molar-refractivity contribution in [2.75, 3.05) is 32.4 Å². The standard InChI is InChI=1S/C18H18ClNO7S/c1-25-15-9-14(16(26-2)8-13(15)19)20-17(21)10-27-18(22)11-5-4-6-12(7-11)28(3,23)24/h4-9H,10H2,1-3H3,(H,20,21). The second-order valence-corrected chi connectivity index (χ2v) is 8.03. The summed E-state index contributed by atoms with van der Waals surface area (Å²) in [5.74, 6) is -0.838. The molecule has 0 saturated carbocycles. The fraction of sp³-hybridized carbons (Fsp3) is 0.222. The third-order valence-electron chi connectivity index (χ3n) is 3.58. The highest BCUT2D eigenvalue weighted by Gasteiger charge is 2.16. The van der Waals surface area contributed by atoms with Gasteiger partial charge in [-0.15, -0.1) is 0 Å². The van der Waals surface area contributed by atoms with Gasteiger partial charge in [0, 0.05) is 18.4 Å². The Hall–Kier alpha value is -2.78. The van der Waals surface area contributed by atoms with Crippen molar-refractivity contribution in [1.29, 1.82) is 0 Å². The number of anilines is 1. The quantitative estimate of drug-likeness (QED) is 0.676. The molecule has 2 aromatic rings. The summed E-state index contributed by atoms with van der Waals surface area (Å²) in [4.78, 5) is 24.2. The van der Waals surface area contributed by atoms with Crippen molar-refractivity contribution in [3.8, 4) is 11.5 Å². The minimum atomic E-state index is -3.47. The largest absolute Gasteiger partial charge is 0.495 e. The molecule has 0 saturated heterocycles. The first-order valence-corrected chi connectivity index (χ1v) is 10.1. The van der Waals surface area contributed by atoms with Crippen molar-refractivity contribution in [2.24, 2.45) is 0 Å². The molecule has 0 radical (unpaired) electrons. The predicted octanol–water partition coefficient (Wildman–Crippen LogP) is 2.56. The third-order valence-corrected chi connectivity index (χ3v) is 4.99. The molecule has 0 aliphatic carbocycles. The van der Waals surface area contributed by atoms with Crippen molar-refractivity contribution in [3.05, 3.63) is 47.0 Å². The Morgan fingerprint density at radius 3 is 2.36 bits per heavy atom. The molecule has 2 aromatic carbocycles. The number of hydrogen-bond donors (Lipinski definition) is 1. The van der Waals surface area contributed by atoms with Gasteiger partial charge < -0.3 is 19.5 Å². The van der Waals surface area contributed by atoms with Crippen LogP contribution in [0.15, 0.2) is 41.3 Å². The van der Waals surface area contributed by atoms with E-state index < -0.39 is 28.3 Å². The van der Waals surface area contributed by atoms with Crippen LogP contribution in [-0.2, 0) is 19.4 Å². The number of carbonyl (C=O) groups excluding carboxylic acids is 2. The molecule has 150 valence electrons. The Morgan fingerprint density at radius 2 is 1.75 bits per heavy atom. The van der Waals surface area contributed by atoms with Crippen molar-refractivity contribution < 1.29 is 32.2 Å². The second kappa shape index (κ2) is 8.94. The summed E-state index contributed by atoms with van der Waals surface area (Å²) >= 11 is 6.00. The van der Waals surface area contributed by atoms with Crippen LogP contribution in [0.2, 0.25) is 5.02 Å². The molecule has 0 aliphatic rings. The Bertz CT molecular complexity index is 1000. The molecule has 0 bridgehead atoms. The molecule has 1 amide bonds. The zero-order valence-electron chi connectivity index (χ0n) is 15.3. The van der Waals surface area contributed by atoms with E-state index in [0.717, 1.165) is 6.26 Å². The number of esters is 1. The number of halogens is 1. The molecule has 0 spiro atoms. The summed E-state index contributed by atoms with van der Waals surface area (Å²) in [5, 5.41) is 2.83. The van der Waals surface area contributed by atoms with Crippen molar-refractivity contribution in [1.82, 2.24) is 0 Å². The normalized spacial score (nSPS) is 10.9. The van der Waals surface area contributed by atoms with E-state index in [1.165, 1.54) is 50.6 Å². The maximum atomic E-state index is 12.1. The Kier molecular flexibility index (Phi) is 6.87. The minimum absolute atomic E-state index is 0.0152. The first-order valence-electron chi connectivity index (χ1n) is 7.84. The second-order valence-electron chi connectivity index (χ2n) is 5.61. The van der Waals surface area contributed by atoms with E-state index in [0.29, 0.717) is 16.5 Å². The van der Waals surface area contributed by atoms with Crippen LogP contribution in [0.3, 0.4) is 0 Å². The molecule has 8 nitrogen and oxygen atoms in total. The summed E-state index contributed by atoms with van der Waals surface area (Å²) in [6, 6.07) is 8.29. The fourth-order valence-electron chi connectivity index (χ4n) is 2.21. The van der Waals surface area contributed by atoms with Crippen LogP contribution in [0.1, 0.15) is 10.4 Å². The molecular weight excluding hydrogens is 410 g/mol. The van der Waals surface area contributed by atoms with Gasteiger partial charge >= 0.3 is 5.97 Å². The number of nitrogens with one attached hydrogen (secondary N) is 1. The summed E-state index contributed by atoms with van der Waals surface area (Å²) in [6.07, 6.45) is 1.03. The maximum absolute atomic E-state index is 12.1. The van der Waals surface area contributed by atoms with Crippen LogP contribution in [0, 0.1) is 0 Å². The third kappa shape index (κ3) is 5.37. The number of carbonyl (C=O) groups is 2. The first-order chi connectivity index (χ1) is 13.2. The van der Waals surface area contributed by atoms with Crippen LogP contribution < -0.4 is 14.8 Å². The lowest BCUT2D eigenvalue weighted by molar-refractivity contribution is -0.119. The van der Waals surface area contributed by atoms with Gasteiger partial charge in [0.25, 0.3) is 5.91 Å². The van der Waals surface area contributed by atoms with Crippen molar-refractivity contribution in [3.63, 3.8) is 0 Å². The molecule has 0 heterocycles. The Morgan fingerprint density at radius 1 is 1.07 bits per heavy atom. The van der Waals surface area contributed by atoms with E-state index in [-0.39, 0.29) is 16.1 Å². The van der Waals surface area contributed by atoms with Gasteiger partial charge in [-0.05, 0) is 18.2 Å². The minimum Gasteiger partial charge on any atom is -0.495 e. The molecule has 0 aliphatic heterocycles. The fourth-order valence-corrected chi connectivity index (χ4v) is 3.11. The van der Waals surface area contributed by atoms with Gasteiger partial charge in [-0.25, -0.2) is 13.2 Å². The average molecular weight is 428 g/mol. The van der Waals surface area contributed by atoms with Gasteiger partial charge in [-0.1, -0.05) is 17.7 Å². The van der Waals surface area contributed by atoms with Gasteiger partial charge in [0.05, 0.1) is 35.4 Å². The molecule has 10 heteroatoms. The highest BCUT2D eigenvalue weighted by atomic mass is 35.5. The van der Waals surface area contributed by atoms with Crippen molar-refractivity contribution in [2.45, 2.75) is 4.90 Å². The van der Waals surface area contributed by atoms with Gasteiger partial charge in [-0.3, -0.25) is 4.79 Å². The van der Waals surface area contributed by atoms with E-state index in [1.54, 1.807) is 0 Å². The monoisotopic (exact) mass is 427 g/mol. The summed E-state index contributed by atoms with van der Waals surface area (Å²) in [7, 11) is -0.645. The van der Waals surface area contributed by atoms with E-state index >= 15 is 0 Å². The van der Waals surface area contributed by atoms with Gasteiger partial charge in [0.15, 0.2) is 16.4 Å². The van der Waals surface area contributed by atoms with Crippen LogP contribution in [0.25, 0.3) is 0 Å². The lowest BCUT2D eigenvalue weighted by Crippen LogP contribution is -2.21. The Balaban J connectivity index is 2.06. The summed E-state index contributed by atoms with van der Waals surface area (Å²) in [5.41, 5.74) is 0.297. The number of benzene rings is 2. The molecule has 1 N–H and O–H groups in total. The van der Waals surface area contributed by atoms with Crippen LogP contribution in [0.4, 0.5) is 5.69 Å². The average Bonchev–Trinajstić information content (AvgIpc) is 2.66. The molecule has 0 fully saturated rings. The van der Waals surface area contributed by atoms with Crippen LogP contribution in [0.5, 0.6) is 11.5 Å². The zero-order valence-corrected chi connectivity index (χ0v) is 16.9. The van der Waals surface area contributed by atoms with Crippen LogP contribution >= 0.6 is 11.6 Å². The maximum Gasteiger partial charge on any atom is 0.338 e. The number of methoxy groups -OCH3 is 2. The number of rotatable bonds is 7. The van der Waals surface area contributed by atoms with E-state index in [4.69, 9.17) is 25.8 Å². The molecular formula is C18H18ClNO7S. The highest BCUT2D eigenvalue weighted by Crippen LogP contribution is 2.35. The lowest BCUT2D eigenvalue weighted by Gasteiger charge is -2.13. The SMILES string of the molecule is COc1cc(NC(=O)COC(=O)c2cccc(S(C)(=O)=O)c2)c(OC)cc1Cl. The topological polar surface area (TPSA) is 108 Å². The molecule has 0 atom stereocenters. The lowest BCUT2D eigenvalue weighted by atomic mass is 10.2. The molecule has 2 rings (SSSR count). The highest BCUT2D eigenvalue weighted by molar-refractivity contribution is 7.90. The number of ether oxygens (including phenoxy) is 3. The Labute approximate surface area is 167 Å². The molecule has 0 unspecified atom stereocenters. The summed E-state index contributed by atoms with van der Waals surface area (Å²) < 4.78 is 38.3. The number of amides is 1. The molecule has 0 aromatic heterocycles. The predicted molar refractivity (Wildman–Crippen MR) is 103 cm³/mol. The van der Waals surface area contributed by atoms with E-state index in [1.807, 2.05) is 0 Å². The van der Waals surface area contributed by atoms with Gasteiger partial charge in [-0.2, -0.15) is 0 Å². The van der Waals surface area contributed by atoms with Gasteiger partial charge in [0.2, 0.25) is 0 Å². The first kappa shape index (κ1) is 21.5. The van der Waals surface area contributed by atoms with Crippen molar-refractivity contribution >= 4 is 39.0 Å².